The molecule has 2 aliphatic heterocycles. The molecule has 1 aliphatic carbocycles. The van der Waals surface area contributed by atoms with Crippen LogP contribution in [0.4, 0.5) is 8.78 Å². The van der Waals surface area contributed by atoms with Gasteiger partial charge in [-0.15, -0.1) is 0 Å². The lowest BCUT2D eigenvalue weighted by molar-refractivity contribution is -0.137. The lowest BCUT2D eigenvalue weighted by Gasteiger charge is -2.28. The van der Waals surface area contributed by atoms with Gasteiger partial charge < -0.3 is 19.8 Å². The van der Waals surface area contributed by atoms with Gasteiger partial charge in [-0.3, -0.25) is 9.59 Å². The fourth-order valence-electron chi connectivity index (χ4n) is 7.94. The maximum Gasteiger partial charge on any atom is 0.230 e. The van der Waals surface area contributed by atoms with Gasteiger partial charge in [-0.05, 0) is 104 Å². The number of benzene rings is 3. The van der Waals surface area contributed by atoms with Crippen molar-refractivity contribution in [3.8, 4) is 23.1 Å². The SMILES string of the molecule is CC(C)[C@H](C)C(=O)N1CC2(CC2)C[C@H]1c1nc2ccc(C#Cc3ccc(-c4cnc([C@@H]5CCCN5C(=O)[C@@H](C)c5cc(F)cc(F)c5)[nH]4)cc3)cc2[nH]1. The Morgan fingerprint density at radius 2 is 1.57 bits per heavy atom. The fraction of sp³-hybridized carbons (Fsp3) is 0.395. The number of amides is 2. The summed E-state index contributed by atoms with van der Waals surface area (Å²) in [7, 11) is 0. The van der Waals surface area contributed by atoms with Crippen LogP contribution in [0, 0.1) is 40.7 Å². The minimum absolute atomic E-state index is 0.0252. The summed E-state index contributed by atoms with van der Waals surface area (Å²) >= 11 is 0. The standard InChI is InChI=1S/C43H44F2N6O2/c1-25(2)26(3)41(52)51-24-43(15-16-43)22-38(51)40-47-34-14-11-29(18-35(34)48-40)8-7-28-9-12-30(13-10-28)36-23-46-39(49-36)37-6-5-17-50(37)42(53)27(4)31-19-32(44)21-33(45)20-31/h9-14,18-21,23,25-27,37-38H,5-6,15-17,22,24H2,1-4H3,(H,46,49)(H,47,48)/t26-,27-,37-,38-/m0/s1. The molecule has 2 amide bonds. The first-order chi connectivity index (χ1) is 25.5. The maximum atomic E-state index is 13.9. The van der Waals surface area contributed by atoms with Crippen LogP contribution in [0.5, 0.6) is 0 Å². The Morgan fingerprint density at radius 3 is 2.28 bits per heavy atom. The number of fused-ring (bicyclic) bond motifs is 1. The van der Waals surface area contributed by atoms with Crippen LogP contribution in [0.25, 0.3) is 22.3 Å². The van der Waals surface area contributed by atoms with Crippen LogP contribution in [0.1, 0.15) is 106 Å². The molecule has 3 aromatic carbocycles. The molecular formula is C43H44F2N6O2. The highest BCUT2D eigenvalue weighted by atomic mass is 19.1. The molecule has 4 atom stereocenters. The Bertz CT molecular complexity index is 2240. The molecule has 3 aliphatic rings. The van der Waals surface area contributed by atoms with Crippen LogP contribution in [-0.4, -0.2) is 54.6 Å². The molecule has 0 radical (unpaired) electrons. The molecule has 4 heterocycles. The molecule has 0 unspecified atom stereocenters. The third-order valence-corrected chi connectivity index (χ3v) is 11.7. The molecule has 8 nitrogen and oxygen atoms in total. The number of aromatic amines is 2. The summed E-state index contributed by atoms with van der Waals surface area (Å²) in [6.07, 6.45) is 6.66. The van der Waals surface area contributed by atoms with Crippen molar-refractivity contribution >= 4 is 22.8 Å². The lowest BCUT2D eigenvalue weighted by atomic mass is 9.96. The Kier molecular flexibility index (Phi) is 8.92. The Morgan fingerprint density at radius 1 is 0.849 bits per heavy atom. The van der Waals surface area contributed by atoms with Gasteiger partial charge in [-0.2, -0.15) is 0 Å². The lowest BCUT2D eigenvalue weighted by Crippen LogP contribution is -2.37. The van der Waals surface area contributed by atoms with Gasteiger partial charge in [-0.1, -0.05) is 44.7 Å². The number of carbonyl (C=O) groups excluding carboxylic acids is 2. The van der Waals surface area contributed by atoms with Gasteiger partial charge in [0, 0.05) is 36.2 Å². The number of halogens is 2. The normalized spacial score (nSPS) is 20.2. The van der Waals surface area contributed by atoms with E-state index >= 15 is 0 Å². The maximum absolute atomic E-state index is 13.9. The molecule has 0 bridgehead atoms. The van der Waals surface area contributed by atoms with Gasteiger partial charge in [-0.25, -0.2) is 18.7 Å². The second kappa shape index (κ2) is 13.6. The van der Waals surface area contributed by atoms with Gasteiger partial charge >= 0.3 is 0 Å². The summed E-state index contributed by atoms with van der Waals surface area (Å²) in [5.41, 5.74) is 5.87. The summed E-state index contributed by atoms with van der Waals surface area (Å²) in [4.78, 5) is 47.3. The van der Waals surface area contributed by atoms with Crippen molar-refractivity contribution in [1.29, 1.82) is 0 Å². The van der Waals surface area contributed by atoms with E-state index < -0.39 is 17.6 Å². The number of likely N-dealkylation sites (tertiary alicyclic amines) is 2. The molecule has 272 valence electrons. The summed E-state index contributed by atoms with van der Waals surface area (Å²) in [6, 6.07) is 16.9. The summed E-state index contributed by atoms with van der Waals surface area (Å²) in [5.74, 6) is 6.35. The molecule has 53 heavy (non-hydrogen) atoms. The van der Waals surface area contributed by atoms with Crippen molar-refractivity contribution in [2.24, 2.45) is 17.3 Å². The van der Waals surface area contributed by atoms with Crippen molar-refractivity contribution < 1.29 is 18.4 Å². The van der Waals surface area contributed by atoms with E-state index in [0.29, 0.717) is 17.9 Å². The minimum Gasteiger partial charge on any atom is -0.340 e. The molecule has 1 saturated carbocycles. The highest BCUT2D eigenvalue weighted by molar-refractivity contribution is 5.84. The third-order valence-electron chi connectivity index (χ3n) is 11.7. The van der Waals surface area contributed by atoms with Gasteiger partial charge in [0.1, 0.15) is 23.3 Å². The first-order valence-corrected chi connectivity index (χ1v) is 18.7. The van der Waals surface area contributed by atoms with E-state index in [1.165, 1.54) is 25.0 Å². The molecule has 8 rings (SSSR count). The van der Waals surface area contributed by atoms with E-state index in [1.54, 1.807) is 18.0 Å². The van der Waals surface area contributed by atoms with Crippen LogP contribution in [0.2, 0.25) is 0 Å². The van der Waals surface area contributed by atoms with Crippen LogP contribution >= 0.6 is 0 Å². The number of rotatable bonds is 7. The number of nitrogens with one attached hydrogen (secondary N) is 2. The van der Waals surface area contributed by atoms with Crippen molar-refractivity contribution in [2.45, 2.75) is 77.8 Å². The van der Waals surface area contributed by atoms with Crippen LogP contribution in [0.3, 0.4) is 0 Å². The van der Waals surface area contributed by atoms with Crippen molar-refractivity contribution in [2.75, 3.05) is 13.1 Å². The summed E-state index contributed by atoms with van der Waals surface area (Å²) < 4.78 is 27.7. The van der Waals surface area contributed by atoms with E-state index in [1.807, 2.05) is 49.4 Å². The summed E-state index contributed by atoms with van der Waals surface area (Å²) in [6.45, 7) is 9.31. The predicted octanol–water partition coefficient (Wildman–Crippen LogP) is 8.44. The second-order valence-corrected chi connectivity index (χ2v) is 15.7. The highest BCUT2D eigenvalue weighted by Gasteiger charge is 2.54. The van der Waals surface area contributed by atoms with Gasteiger partial charge in [0.2, 0.25) is 11.8 Å². The predicted molar refractivity (Wildman–Crippen MR) is 199 cm³/mol. The van der Waals surface area contributed by atoms with E-state index in [-0.39, 0.29) is 41.1 Å². The Labute approximate surface area is 308 Å². The molecular weight excluding hydrogens is 671 g/mol. The number of carbonyl (C=O) groups is 2. The molecule has 1 spiro atoms. The zero-order valence-electron chi connectivity index (χ0n) is 30.5. The van der Waals surface area contributed by atoms with E-state index in [9.17, 15) is 18.4 Å². The molecule has 5 aromatic rings. The Hall–Kier alpha value is -5.30. The largest absolute Gasteiger partial charge is 0.340 e. The van der Waals surface area contributed by atoms with Gasteiger partial charge in [0.15, 0.2) is 0 Å². The third kappa shape index (κ3) is 6.85. The smallest absolute Gasteiger partial charge is 0.230 e. The number of aromatic nitrogens is 4. The van der Waals surface area contributed by atoms with Crippen LogP contribution < -0.4 is 0 Å². The molecule has 2 N–H and O–H groups in total. The number of H-pyrrole nitrogens is 2. The van der Waals surface area contributed by atoms with Crippen molar-refractivity contribution in [3.05, 3.63) is 107 Å². The first-order valence-electron chi connectivity index (χ1n) is 18.7. The Balaban J connectivity index is 0.945. The van der Waals surface area contributed by atoms with Crippen molar-refractivity contribution in [1.82, 2.24) is 29.7 Å². The number of hydrogen-bond donors (Lipinski definition) is 2. The topological polar surface area (TPSA) is 98.0 Å². The average molecular weight is 715 g/mol. The molecule has 2 saturated heterocycles. The van der Waals surface area contributed by atoms with E-state index in [2.05, 4.69) is 45.5 Å². The molecule has 10 heteroatoms. The van der Waals surface area contributed by atoms with E-state index in [4.69, 9.17) is 4.98 Å². The average Bonchev–Trinajstić information content (AvgIpc) is 3.63. The quantitative estimate of drug-likeness (QED) is 0.165. The summed E-state index contributed by atoms with van der Waals surface area (Å²) in [5, 5.41) is 0. The number of imidazole rings is 2. The molecule has 3 fully saturated rings. The van der Waals surface area contributed by atoms with Crippen LogP contribution in [0.15, 0.2) is 66.9 Å². The zero-order chi connectivity index (χ0) is 37.0. The fourth-order valence-corrected chi connectivity index (χ4v) is 7.94. The monoisotopic (exact) mass is 714 g/mol. The second-order valence-electron chi connectivity index (χ2n) is 15.7. The van der Waals surface area contributed by atoms with Gasteiger partial charge in [0.25, 0.3) is 0 Å². The van der Waals surface area contributed by atoms with E-state index in [0.717, 1.165) is 71.1 Å². The zero-order valence-corrected chi connectivity index (χ0v) is 30.5. The first kappa shape index (κ1) is 34.8. The van der Waals surface area contributed by atoms with Gasteiger partial charge in [0.05, 0.1) is 40.9 Å². The number of nitrogens with zero attached hydrogens (tertiary/aromatic N) is 4. The van der Waals surface area contributed by atoms with Crippen LogP contribution in [-0.2, 0) is 9.59 Å². The number of hydrogen-bond acceptors (Lipinski definition) is 4. The van der Waals surface area contributed by atoms with Crippen molar-refractivity contribution in [3.63, 3.8) is 0 Å². The minimum atomic E-state index is -0.695. The molecule has 2 aromatic heterocycles. The highest BCUT2D eigenvalue weighted by Crippen LogP contribution is 2.58.